The van der Waals surface area contributed by atoms with Crippen LogP contribution in [-0.2, 0) is 0 Å². The number of hydrogen-bond donors (Lipinski definition) is 2. The van der Waals surface area contributed by atoms with Crippen LogP contribution in [0.5, 0.6) is 0 Å². The first-order valence-electron chi connectivity index (χ1n) is 5.83. The molecule has 0 bridgehead atoms. The fraction of sp³-hybridized carbons (Fsp3) is 0.909. The molecule has 1 rings (SSSR count). The molecular formula is C11H23N3O. The topological polar surface area (TPSA) is 58.4 Å². The molecule has 0 aliphatic carbocycles. The van der Waals surface area contributed by atoms with E-state index in [4.69, 9.17) is 5.73 Å². The van der Waals surface area contributed by atoms with Gasteiger partial charge in [-0.05, 0) is 32.6 Å². The van der Waals surface area contributed by atoms with Crippen molar-refractivity contribution in [1.29, 1.82) is 0 Å². The number of piperidine rings is 1. The van der Waals surface area contributed by atoms with Crippen molar-refractivity contribution in [2.45, 2.75) is 45.7 Å². The fourth-order valence-corrected chi connectivity index (χ4v) is 2.19. The summed E-state index contributed by atoms with van der Waals surface area (Å²) in [7, 11) is 0. The van der Waals surface area contributed by atoms with E-state index in [1.807, 2.05) is 18.7 Å². The van der Waals surface area contributed by atoms with Crippen LogP contribution in [0.2, 0.25) is 0 Å². The lowest BCUT2D eigenvalue weighted by Crippen LogP contribution is -2.55. The van der Waals surface area contributed by atoms with Crippen LogP contribution in [0.3, 0.4) is 0 Å². The molecule has 15 heavy (non-hydrogen) atoms. The van der Waals surface area contributed by atoms with Crippen molar-refractivity contribution in [1.82, 2.24) is 10.2 Å². The number of nitrogens with one attached hydrogen (secondary N) is 1. The first kappa shape index (κ1) is 12.3. The van der Waals surface area contributed by atoms with E-state index in [1.54, 1.807) is 0 Å². The van der Waals surface area contributed by atoms with E-state index in [0.717, 1.165) is 13.0 Å². The number of carbonyl (C=O) groups is 1. The van der Waals surface area contributed by atoms with E-state index in [2.05, 4.69) is 12.2 Å². The SMILES string of the molecule is CC(C)NC(=O)N1CCCC(C)C1CN. The summed E-state index contributed by atoms with van der Waals surface area (Å²) < 4.78 is 0. The molecule has 1 saturated heterocycles. The van der Waals surface area contributed by atoms with Crippen LogP contribution in [0.25, 0.3) is 0 Å². The van der Waals surface area contributed by atoms with E-state index in [0.29, 0.717) is 12.5 Å². The highest BCUT2D eigenvalue weighted by atomic mass is 16.2. The van der Waals surface area contributed by atoms with Crippen molar-refractivity contribution in [2.24, 2.45) is 11.7 Å². The van der Waals surface area contributed by atoms with Crippen molar-refractivity contribution >= 4 is 6.03 Å². The Balaban J connectivity index is 2.61. The minimum absolute atomic E-state index is 0.0343. The zero-order valence-electron chi connectivity index (χ0n) is 9.99. The Morgan fingerprint density at radius 2 is 2.27 bits per heavy atom. The van der Waals surface area contributed by atoms with Gasteiger partial charge in [0, 0.05) is 25.2 Å². The molecule has 88 valence electrons. The van der Waals surface area contributed by atoms with Crippen LogP contribution in [0, 0.1) is 5.92 Å². The normalized spacial score (nSPS) is 26.9. The number of nitrogens with two attached hydrogens (primary N) is 1. The first-order chi connectivity index (χ1) is 7.06. The first-order valence-corrected chi connectivity index (χ1v) is 5.83. The Morgan fingerprint density at radius 3 is 2.80 bits per heavy atom. The van der Waals surface area contributed by atoms with Gasteiger partial charge in [-0.3, -0.25) is 0 Å². The lowest BCUT2D eigenvalue weighted by Gasteiger charge is -2.39. The van der Waals surface area contributed by atoms with Gasteiger partial charge in [-0.15, -0.1) is 0 Å². The van der Waals surface area contributed by atoms with Crippen molar-refractivity contribution in [3.05, 3.63) is 0 Å². The van der Waals surface area contributed by atoms with E-state index in [9.17, 15) is 4.79 Å². The number of urea groups is 1. The molecule has 1 aliphatic rings. The van der Waals surface area contributed by atoms with Crippen molar-refractivity contribution in [3.63, 3.8) is 0 Å². The summed E-state index contributed by atoms with van der Waals surface area (Å²) >= 11 is 0. The average Bonchev–Trinajstić information content (AvgIpc) is 2.16. The third kappa shape index (κ3) is 3.09. The van der Waals surface area contributed by atoms with E-state index in [-0.39, 0.29) is 18.1 Å². The van der Waals surface area contributed by atoms with Crippen LogP contribution in [0.1, 0.15) is 33.6 Å². The highest BCUT2D eigenvalue weighted by molar-refractivity contribution is 5.75. The van der Waals surface area contributed by atoms with E-state index >= 15 is 0 Å². The van der Waals surface area contributed by atoms with Crippen molar-refractivity contribution in [3.8, 4) is 0 Å². The third-order valence-corrected chi connectivity index (χ3v) is 3.03. The molecule has 2 atom stereocenters. The van der Waals surface area contributed by atoms with Gasteiger partial charge in [0.25, 0.3) is 0 Å². The standard InChI is InChI=1S/C11H23N3O/c1-8(2)13-11(15)14-6-4-5-9(3)10(14)7-12/h8-10H,4-7,12H2,1-3H3,(H,13,15). The summed E-state index contributed by atoms with van der Waals surface area (Å²) in [4.78, 5) is 13.8. The van der Waals surface area contributed by atoms with Crippen LogP contribution in [0.15, 0.2) is 0 Å². The maximum Gasteiger partial charge on any atom is 0.317 e. The summed E-state index contributed by atoms with van der Waals surface area (Å²) in [5.41, 5.74) is 5.73. The van der Waals surface area contributed by atoms with E-state index < -0.39 is 0 Å². The zero-order chi connectivity index (χ0) is 11.4. The van der Waals surface area contributed by atoms with Gasteiger partial charge >= 0.3 is 6.03 Å². The molecule has 1 fully saturated rings. The highest BCUT2D eigenvalue weighted by Gasteiger charge is 2.30. The number of likely N-dealkylation sites (tertiary alicyclic amines) is 1. The number of amides is 2. The van der Waals surface area contributed by atoms with Gasteiger partial charge in [-0.1, -0.05) is 6.92 Å². The van der Waals surface area contributed by atoms with Gasteiger partial charge in [-0.2, -0.15) is 0 Å². The van der Waals surface area contributed by atoms with E-state index in [1.165, 1.54) is 6.42 Å². The minimum atomic E-state index is 0.0343. The summed E-state index contributed by atoms with van der Waals surface area (Å²) in [6.07, 6.45) is 2.26. The second-order valence-electron chi connectivity index (χ2n) is 4.72. The highest BCUT2D eigenvalue weighted by Crippen LogP contribution is 2.22. The molecule has 0 spiro atoms. The Kier molecular flexibility index (Phi) is 4.39. The van der Waals surface area contributed by atoms with Crippen LogP contribution >= 0.6 is 0 Å². The molecule has 2 amide bonds. The number of rotatable bonds is 2. The molecular weight excluding hydrogens is 190 g/mol. The molecule has 4 nitrogen and oxygen atoms in total. The summed E-state index contributed by atoms with van der Waals surface area (Å²) in [5, 5.41) is 2.93. The third-order valence-electron chi connectivity index (χ3n) is 3.03. The summed E-state index contributed by atoms with van der Waals surface area (Å²) in [6.45, 7) is 7.52. The molecule has 1 aliphatic heterocycles. The molecule has 0 saturated carbocycles. The second kappa shape index (κ2) is 5.35. The van der Waals surface area contributed by atoms with Crippen molar-refractivity contribution < 1.29 is 4.79 Å². The maximum atomic E-state index is 11.9. The Hall–Kier alpha value is -0.770. The smallest absolute Gasteiger partial charge is 0.317 e. The van der Waals surface area contributed by atoms with Gasteiger partial charge in [0.05, 0.1) is 0 Å². The van der Waals surface area contributed by atoms with Gasteiger partial charge < -0.3 is 16.0 Å². The molecule has 0 aromatic heterocycles. The molecule has 2 unspecified atom stereocenters. The number of nitrogens with zero attached hydrogens (tertiary/aromatic N) is 1. The zero-order valence-corrected chi connectivity index (χ0v) is 9.99. The molecule has 0 aromatic carbocycles. The quantitative estimate of drug-likeness (QED) is 0.723. The Morgan fingerprint density at radius 1 is 1.60 bits per heavy atom. The lowest BCUT2D eigenvalue weighted by atomic mass is 9.91. The van der Waals surface area contributed by atoms with Crippen LogP contribution < -0.4 is 11.1 Å². The lowest BCUT2D eigenvalue weighted by molar-refractivity contribution is 0.122. The largest absolute Gasteiger partial charge is 0.336 e. The summed E-state index contributed by atoms with van der Waals surface area (Å²) in [5.74, 6) is 0.515. The predicted octanol–water partition coefficient (Wildman–Crippen LogP) is 1.16. The van der Waals surface area contributed by atoms with Crippen LogP contribution in [-0.4, -0.2) is 36.1 Å². The molecule has 3 N–H and O–H groups in total. The van der Waals surface area contributed by atoms with Gasteiger partial charge in [0.15, 0.2) is 0 Å². The van der Waals surface area contributed by atoms with Crippen molar-refractivity contribution in [2.75, 3.05) is 13.1 Å². The number of carbonyl (C=O) groups excluding carboxylic acids is 1. The molecule has 1 heterocycles. The Bertz CT molecular complexity index is 218. The maximum absolute atomic E-state index is 11.9. The minimum Gasteiger partial charge on any atom is -0.336 e. The van der Waals surface area contributed by atoms with Crippen LogP contribution in [0.4, 0.5) is 4.79 Å². The monoisotopic (exact) mass is 213 g/mol. The number of hydrogen-bond acceptors (Lipinski definition) is 2. The van der Waals surface area contributed by atoms with Gasteiger partial charge in [-0.25, -0.2) is 4.79 Å². The van der Waals surface area contributed by atoms with Gasteiger partial charge in [0.2, 0.25) is 0 Å². The van der Waals surface area contributed by atoms with Gasteiger partial charge in [0.1, 0.15) is 0 Å². The average molecular weight is 213 g/mol. The molecule has 0 aromatic rings. The molecule has 0 radical (unpaired) electrons. The Labute approximate surface area is 92.2 Å². The molecule has 4 heteroatoms. The fourth-order valence-electron chi connectivity index (χ4n) is 2.19. The summed E-state index contributed by atoms with van der Waals surface area (Å²) in [6, 6.07) is 0.428. The second-order valence-corrected chi connectivity index (χ2v) is 4.72. The predicted molar refractivity (Wildman–Crippen MR) is 61.6 cm³/mol.